The summed E-state index contributed by atoms with van der Waals surface area (Å²) in [7, 11) is 1.87. The van der Waals surface area contributed by atoms with Gasteiger partial charge in [-0.05, 0) is 23.8 Å². The Kier molecular flexibility index (Phi) is 3.79. The zero-order valence-corrected chi connectivity index (χ0v) is 11.1. The molecule has 0 amide bonds. The Bertz CT molecular complexity index is 499. The van der Waals surface area contributed by atoms with Gasteiger partial charge >= 0.3 is 0 Å². The van der Waals surface area contributed by atoms with Crippen molar-refractivity contribution in [3.05, 3.63) is 59.9 Å². The largest absolute Gasteiger partial charge is 0.342 e. The Morgan fingerprint density at radius 2 is 1.76 bits per heavy atom. The normalized spacial score (nSPS) is 10.3. The maximum Gasteiger partial charge on any atom is 0.147 e. The van der Waals surface area contributed by atoms with Crippen LogP contribution >= 0.6 is 15.9 Å². The lowest BCUT2D eigenvalue weighted by molar-refractivity contribution is 0.626. The second-order valence-electron chi connectivity index (χ2n) is 3.78. The molecule has 88 valence electrons. The molecule has 0 saturated carbocycles. The first-order chi connectivity index (χ1) is 8.24. The smallest absolute Gasteiger partial charge is 0.147 e. The van der Waals surface area contributed by atoms with Gasteiger partial charge in [-0.25, -0.2) is 4.39 Å². The maximum absolute atomic E-state index is 13.9. The topological polar surface area (TPSA) is 3.24 Å². The summed E-state index contributed by atoms with van der Waals surface area (Å²) in [4.78, 5) is 1.87. The van der Waals surface area contributed by atoms with Crippen molar-refractivity contribution in [2.45, 2.75) is 5.33 Å². The first-order valence-electron chi connectivity index (χ1n) is 5.36. The molecule has 0 aliphatic heterocycles. The molecule has 2 aromatic carbocycles. The van der Waals surface area contributed by atoms with E-state index in [9.17, 15) is 4.39 Å². The van der Waals surface area contributed by atoms with E-state index in [0.29, 0.717) is 11.0 Å². The molecule has 0 fully saturated rings. The van der Waals surface area contributed by atoms with Crippen molar-refractivity contribution in [1.29, 1.82) is 0 Å². The van der Waals surface area contributed by atoms with Gasteiger partial charge in [0.1, 0.15) is 5.82 Å². The van der Waals surface area contributed by atoms with Crippen molar-refractivity contribution in [2.24, 2.45) is 0 Å². The molecule has 17 heavy (non-hydrogen) atoms. The summed E-state index contributed by atoms with van der Waals surface area (Å²) in [5.41, 5.74) is 2.53. The van der Waals surface area contributed by atoms with Gasteiger partial charge in [-0.3, -0.25) is 0 Å². The highest BCUT2D eigenvalue weighted by molar-refractivity contribution is 9.08. The number of hydrogen-bond acceptors (Lipinski definition) is 1. The second-order valence-corrected chi connectivity index (χ2v) is 4.34. The first-order valence-corrected chi connectivity index (χ1v) is 6.48. The molecule has 0 aromatic heterocycles. The molecule has 2 aromatic rings. The highest BCUT2D eigenvalue weighted by atomic mass is 79.9. The van der Waals surface area contributed by atoms with Gasteiger partial charge in [-0.2, -0.15) is 0 Å². The van der Waals surface area contributed by atoms with Gasteiger partial charge in [-0.1, -0.05) is 46.3 Å². The minimum atomic E-state index is -0.201. The van der Waals surface area contributed by atoms with Crippen LogP contribution in [0.4, 0.5) is 15.8 Å². The zero-order valence-electron chi connectivity index (χ0n) is 9.53. The van der Waals surface area contributed by atoms with Crippen LogP contribution in [0.2, 0.25) is 0 Å². The van der Waals surface area contributed by atoms with Crippen LogP contribution in [0.15, 0.2) is 48.5 Å². The lowest BCUT2D eigenvalue weighted by Gasteiger charge is -2.22. The highest BCUT2D eigenvalue weighted by Crippen LogP contribution is 2.30. The van der Waals surface area contributed by atoms with Gasteiger partial charge in [0.25, 0.3) is 0 Å². The number of halogens is 2. The Morgan fingerprint density at radius 3 is 2.41 bits per heavy atom. The zero-order chi connectivity index (χ0) is 12.3. The summed E-state index contributed by atoms with van der Waals surface area (Å²) in [6.07, 6.45) is 0. The van der Waals surface area contributed by atoms with Crippen LogP contribution < -0.4 is 4.90 Å². The summed E-state index contributed by atoms with van der Waals surface area (Å²) >= 11 is 3.39. The fourth-order valence-corrected chi connectivity index (χ4v) is 2.28. The second kappa shape index (κ2) is 5.32. The van der Waals surface area contributed by atoms with E-state index in [4.69, 9.17) is 0 Å². The van der Waals surface area contributed by atoms with Crippen LogP contribution in [0.1, 0.15) is 5.56 Å². The number of anilines is 2. The van der Waals surface area contributed by atoms with Gasteiger partial charge in [0.15, 0.2) is 0 Å². The van der Waals surface area contributed by atoms with E-state index >= 15 is 0 Å². The summed E-state index contributed by atoms with van der Waals surface area (Å²) in [6.45, 7) is 0. The Labute approximate surface area is 109 Å². The number of alkyl halides is 1. The molecule has 0 aliphatic rings. The van der Waals surface area contributed by atoms with E-state index in [2.05, 4.69) is 15.9 Å². The number of hydrogen-bond donors (Lipinski definition) is 0. The van der Waals surface area contributed by atoms with Crippen LogP contribution in [-0.2, 0) is 5.33 Å². The Morgan fingerprint density at radius 1 is 1.06 bits per heavy atom. The lowest BCUT2D eigenvalue weighted by atomic mass is 10.1. The van der Waals surface area contributed by atoms with Crippen LogP contribution in [0.5, 0.6) is 0 Å². The molecule has 0 bridgehead atoms. The van der Waals surface area contributed by atoms with E-state index in [-0.39, 0.29) is 5.82 Å². The van der Waals surface area contributed by atoms with E-state index < -0.39 is 0 Å². The Hall–Kier alpha value is -1.35. The summed E-state index contributed by atoms with van der Waals surface area (Å²) < 4.78 is 13.9. The monoisotopic (exact) mass is 293 g/mol. The molecule has 0 N–H and O–H groups in total. The molecule has 1 nitrogen and oxygen atoms in total. The number of rotatable bonds is 3. The third kappa shape index (κ3) is 2.50. The van der Waals surface area contributed by atoms with E-state index in [0.717, 1.165) is 11.3 Å². The molecule has 0 radical (unpaired) electrons. The van der Waals surface area contributed by atoms with Crippen molar-refractivity contribution in [3.8, 4) is 0 Å². The van der Waals surface area contributed by atoms with Crippen LogP contribution in [0.3, 0.4) is 0 Å². The third-order valence-corrected chi connectivity index (χ3v) is 3.30. The molecule has 0 saturated heterocycles. The fourth-order valence-electron chi connectivity index (χ4n) is 1.82. The lowest BCUT2D eigenvalue weighted by Crippen LogP contribution is -2.13. The minimum absolute atomic E-state index is 0.201. The van der Waals surface area contributed by atoms with Crippen molar-refractivity contribution in [3.63, 3.8) is 0 Å². The van der Waals surface area contributed by atoms with Crippen LogP contribution in [-0.4, -0.2) is 7.05 Å². The summed E-state index contributed by atoms with van der Waals surface area (Å²) in [5, 5.41) is 0.636. The number of benzene rings is 2. The van der Waals surface area contributed by atoms with Gasteiger partial charge in [-0.15, -0.1) is 0 Å². The molecular weight excluding hydrogens is 281 g/mol. The van der Waals surface area contributed by atoms with Gasteiger partial charge in [0.05, 0.1) is 5.69 Å². The summed E-state index contributed by atoms with van der Waals surface area (Å²) in [5.74, 6) is -0.201. The molecular formula is C14H13BrFN. The molecule has 2 rings (SSSR count). The summed E-state index contributed by atoms with van der Waals surface area (Å²) in [6, 6.07) is 14.9. The Balaban J connectivity index is 2.47. The van der Waals surface area contributed by atoms with Gasteiger partial charge < -0.3 is 4.90 Å². The standard InChI is InChI=1S/C14H13BrFN/c1-17(12-7-3-2-4-8-12)14-11(10-15)6-5-9-13(14)16/h2-9H,10H2,1H3. The predicted octanol–water partition coefficient (Wildman–Crippen LogP) is 4.49. The van der Waals surface area contributed by atoms with Crippen LogP contribution in [0.25, 0.3) is 0 Å². The van der Waals surface area contributed by atoms with Crippen molar-refractivity contribution in [2.75, 3.05) is 11.9 Å². The molecule has 0 unspecified atom stereocenters. The van der Waals surface area contributed by atoms with Gasteiger partial charge in [0.2, 0.25) is 0 Å². The van der Waals surface area contributed by atoms with Crippen molar-refractivity contribution >= 4 is 27.3 Å². The molecule has 0 atom stereocenters. The number of nitrogens with zero attached hydrogens (tertiary/aromatic N) is 1. The molecule has 3 heteroatoms. The van der Waals surface area contributed by atoms with Gasteiger partial charge in [0, 0.05) is 18.1 Å². The SMILES string of the molecule is CN(c1ccccc1)c1c(F)cccc1CBr. The van der Waals surface area contributed by atoms with E-state index in [1.807, 2.05) is 48.3 Å². The fraction of sp³-hybridized carbons (Fsp3) is 0.143. The van der Waals surface area contributed by atoms with Crippen molar-refractivity contribution < 1.29 is 4.39 Å². The first kappa shape index (κ1) is 12.1. The van der Waals surface area contributed by atoms with E-state index in [1.54, 1.807) is 6.07 Å². The highest BCUT2D eigenvalue weighted by Gasteiger charge is 2.13. The molecule has 0 heterocycles. The van der Waals surface area contributed by atoms with Crippen molar-refractivity contribution in [1.82, 2.24) is 0 Å². The third-order valence-electron chi connectivity index (χ3n) is 2.69. The quantitative estimate of drug-likeness (QED) is 0.754. The average Bonchev–Trinajstić information content (AvgIpc) is 2.38. The van der Waals surface area contributed by atoms with Crippen LogP contribution in [0, 0.1) is 5.82 Å². The molecule has 0 aliphatic carbocycles. The predicted molar refractivity (Wildman–Crippen MR) is 73.5 cm³/mol. The minimum Gasteiger partial charge on any atom is -0.342 e. The maximum atomic E-state index is 13.9. The average molecular weight is 294 g/mol. The van der Waals surface area contributed by atoms with E-state index in [1.165, 1.54) is 6.07 Å². The number of para-hydroxylation sites is 2. The molecule has 0 spiro atoms.